The van der Waals surface area contributed by atoms with Crippen molar-refractivity contribution in [1.29, 1.82) is 0 Å². The van der Waals surface area contributed by atoms with Crippen LogP contribution in [0.1, 0.15) is 45.2 Å². The third kappa shape index (κ3) is 7.59. The topological polar surface area (TPSA) is 155 Å². The van der Waals surface area contributed by atoms with E-state index in [1.807, 2.05) is 51.1 Å². The number of sulfonamides is 1. The highest BCUT2D eigenvalue weighted by Crippen LogP contribution is 2.31. The number of aliphatic hydroxyl groups excluding tert-OH is 1. The molecule has 212 valence electrons. The van der Waals surface area contributed by atoms with Crippen LogP contribution in [0.2, 0.25) is 0 Å². The fraction of sp³-hybridized carbons (Fsp3) is 0.429. The second-order valence-electron chi connectivity index (χ2n) is 10.1. The number of amides is 1. The van der Waals surface area contributed by atoms with Crippen LogP contribution in [-0.4, -0.2) is 76.6 Å². The van der Waals surface area contributed by atoms with Gasteiger partial charge in [0.1, 0.15) is 0 Å². The zero-order chi connectivity index (χ0) is 28.7. The minimum absolute atomic E-state index is 0.00260. The van der Waals surface area contributed by atoms with E-state index in [4.69, 9.17) is 0 Å². The highest BCUT2D eigenvalue weighted by atomic mass is 32.2. The van der Waals surface area contributed by atoms with E-state index in [0.717, 1.165) is 12.0 Å². The summed E-state index contributed by atoms with van der Waals surface area (Å²) in [6, 6.07) is 12.7. The third-order valence-corrected chi connectivity index (χ3v) is 8.18. The molecule has 39 heavy (non-hydrogen) atoms. The summed E-state index contributed by atoms with van der Waals surface area (Å²) < 4.78 is 29.0. The Balaban J connectivity index is 1.98. The van der Waals surface area contributed by atoms with Crippen molar-refractivity contribution in [2.75, 3.05) is 19.6 Å². The van der Waals surface area contributed by atoms with Crippen LogP contribution in [-0.2, 0) is 16.4 Å². The van der Waals surface area contributed by atoms with Crippen LogP contribution in [0.4, 0.5) is 4.79 Å². The first kappa shape index (κ1) is 30.1. The normalized spacial score (nSPS) is 14.2. The number of rotatable bonds is 13. The van der Waals surface area contributed by atoms with Crippen molar-refractivity contribution in [3.8, 4) is 5.88 Å². The van der Waals surface area contributed by atoms with Crippen molar-refractivity contribution in [2.45, 2.75) is 57.6 Å². The van der Waals surface area contributed by atoms with Crippen molar-refractivity contribution in [3.63, 3.8) is 0 Å². The molecule has 0 radical (unpaired) electrons. The minimum Gasteiger partial charge on any atom is -0.494 e. The summed E-state index contributed by atoms with van der Waals surface area (Å²) in [4.78, 5) is 18.8. The van der Waals surface area contributed by atoms with E-state index in [2.05, 4.69) is 15.3 Å². The van der Waals surface area contributed by atoms with E-state index in [1.165, 1.54) is 16.4 Å². The number of carboxylic acid groups (broad SMARTS) is 1. The second kappa shape index (κ2) is 13.1. The summed E-state index contributed by atoms with van der Waals surface area (Å²) in [6.07, 6.45) is -1.60. The van der Waals surface area contributed by atoms with Gasteiger partial charge in [0.15, 0.2) is 5.88 Å². The van der Waals surface area contributed by atoms with Crippen LogP contribution in [0.5, 0.6) is 5.88 Å². The molecule has 1 amide bonds. The molecule has 0 saturated carbocycles. The van der Waals surface area contributed by atoms with Crippen molar-refractivity contribution in [3.05, 3.63) is 59.7 Å². The Hall–Kier alpha value is -3.41. The van der Waals surface area contributed by atoms with Crippen LogP contribution in [0.25, 0.3) is 10.9 Å². The van der Waals surface area contributed by atoms with Gasteiger partial charge in [-0.15, -0.1) is 0 Å². The molecule has 2 aromatic carbocycles. The minimum atomic E-state index is -4.10. The van der Waals surface area contributed by atoms with Gasteiger partial charge in [0, 0.05) is 36.2 Å². The number of H-pyrrole nitrogens is 1. The maximum absolute atomic E-state index is 13.9. The van der Waals surface area contributed by atoms with Gasteiger partial charge >= 0.3 is 6.09 Å². The largest absolute Gasteiger partial charge is 0.494 e. The molecule has 3 rings (SSSR count). The number of aliphatic hydroxyl groups is 1. The lowest BCUT2D eigenvalue weighted by Gasteiger charge is -2.30. The molecule has 0 fully saturated rings. The number of benzene rings is 2. The number of aromatic amines is 1. The van der Waals surface area contributed by atoms with Gasteiger partial charge in [-0.05, 0) is 49.4 Å². The van der Waals surface area contributed by atoms with E-state index in [1.54, 1.807) is 13.0 Å². The summed E-state index contributed by atoms with van der Waals surface area (Å²) in [5, 5.41) is 33.8. The molecule has 2 unspecified atom stereocenters. The molecule has 1 heterocycles. The molecule has 0 bridgehead atoms. The van der Waals surface area contributed by atoms with E-state index in [9.17, 15) is 28.5 Å². The summed E-state index contributed by atoms with van der Waals surface area (Å²) in [5.74, 6) is -0.152. The maximum Gasteiger partial charge on any atom is 0.404 e. The number of aliphatic imine (C=N–C) groups is 1. The first-order chi connectivity index (χ1) is 18.4. The number of nitrogens with one attached hydrogen (secondary N) is 2. The van der Waals surface area contributed by atoms with Crippen LogP contribution in [0.3, 0.4) is 0 Å². The molecule has 0 saturated heterocycles. The fourth-order valence-electron chi connectivity index (χ4n) is 4.51. The molecule has 0 aliphatic heterocycles. The van der Waals surface area contributed by atoms with E-state index in [0.29, 0.717) is 28.7 Å². The quantitative estimate of drug-likeness (QED) is 0.200. The number of aromatic nitrogens is 1. The van der Waals surface area contributed by atoms with Gasteiger partial charge in [0.25, 0.3) is 0 Å². The first-order valence-corrected chi connectivity index (χ1v) is 14.5. The molecular weight excluding hydrogens is 520 g/mol. The predicted octanol–water partition coefficient (Wildman–Crippen LogP) is 3.98. The molecule has 10 nitrogen and oxygen atoms in total. The molecule has 0 aliphatic rings. The molecule has 11 heteroatoms. The molecule has 0 aliphatic carbocycles. The third-order valence-electron chi connectivity index (χ3n) is 6.35. The van der Waals surface area contributed by atoms with E-state index < -0.39 is 28.3 Å². The molecule has 5 N–H and O–H groups in total. The van der Waals surface area contributed by atoms with E-state index in [-0.39, 0.29) is 36.2 Å². The smallest absolute Gasteiger partial charge is 0.404 e. The number of hydrogen-bond donors (Lipinski definition) is 5. The number of aromatic hydroxyl groups is 1. The summed E-state index contributed by atoms with van der Waals surface area (Å²) in [7, 11) is -4.10. The van der Waals surface area contributed by atoms with Gasteiger partial charge in [-0.1, -0.05) is 51.1 Å². The summed E-state index contributed by atoms with van der Waals surface area (Å²) in [5.41, 5.74) is 2.41. The van der Waals surface area contributed by atoms with Gasteiger partial charge in [0.05, 0.1) is 22.6 Å². The lowest BCUT2D eigenvalue weighted by atomic mass is 10.0. The van der Waals surface area contributed by atoms with Crippen LogP contribution >= 0.6 is 0 Å². The van der Waals surface area contributed by atoms with Crippen LogP contribution in [0.15, 0.2) is 58.4 Å². The fourth-order valence-corrected chi connectivity index (χ4v) is 6.16. The Morgan fingerprint density at radius 2 is 1.82 bits per heavy atom. The van der Waals surface area contributed by atoms with Gasteiger partial charge in [-0.2, -0.15) is 4.31 Å². The summed E-state index contributed by atoms with van der Waals surface area (Å²) in [6.45, 7) is 7.87. The van der Waals surface area contributed by atoms with Crippen LogP contribution < -0.4 is 5.32 Å². The van der Waals surface area contributed by atoms with Crippen LogP contribution in [0, 0.1) is 5.92 Å². The van der Waals surface area contributed by atoms with Crippen molar-refractivity contribution < 1.29 is 28.5 Å². The average Bonchev–Trinajstić information content (AvgIpc) is 3.21. The molecule has 1 aromatic heterocycles. The molecule has 0 spiro atoms. The average molecular weight is 559 g/mol. The monoisotopic (exact) mass is 558 g/mol. The number of carbonyl (C=O) groups is 1. The predicted molar refractivity (Wildman–Crippen MR) is 152 cm³/mol. The van der Waals surface area contributed by atoms with Gasteiger partial charge in [-0.25, -0.2) is 13.2 Å². The Kier molecular flexibility index (Phi) is 10.1. The van der Waals surface area contributed by atoms with Gasteiger partial charge in [-0.3, -0.25) is 4.99 Å². The zero-order valence-corrected chi connectivity index (χ0v) is 23.6. The zero-order valence-electron chi connectivity index (χ0n) is 22.8. The lowest BCUT2D eigenvalue weighted by molar-refractivity contribution is 0.0980. The first-order valence-electron chi connectivity index (χ1n) is 13.0. The molecular formula is C28H38N4O6S. The highest BCUT2D eigenvalue weighted by molar-refractivity contribution is 7.89. The number of hydrogen-bond acceptors (Lipinski definition) is 6. The highest BCUT2D eigenvalue weighted by Gasteiger charge is 2.32. The Labute approximate surface area is 229 Å². The molecule has 2 atom stereocenters. The maximum atomic E-state index is 13.9. The number of fused-ring (bicyclic) bond motifs is 1. The van der Waals surface area contributed by atoms with Gasteiger partial charge in [0.2, 0.25) is 10.0 Å². The Bertz CT molecular complexity index is 1400. The van der Waals surface area contributed by atoms with E-state index >= 15 is 0 Å². The summed E-state index contributed by atoms with van der Waals surface area (Å²) >= 11 is 0. The Morgan fingerprint density at radius 3 is 2.44 bits per heavy atom. The van der Waals surface area contributed by atoms with Crippen molar-refractivity contribution >= 4 is 32.7 Å². The van der Waals surface area contributed by atoms with Crippen molar-refractivity contribution in [2.24, 2.45) is 10.9 Å². The standard InChI is InChI=1S/C28H38N4O6S/c1-5-13-29-19(4)26-22-15-21(11-12-23(22)30-27(26)34)39(37,38)32(16-18(2)3)17-25(33)24(31-28(35)36)14-20-9-7-6-8-10-20/h6-12,15,18,24-25,30-31,33-34H,5,13-14,16-17H2,1-4H3,(H,35,36). The molecule has 3 aromatic rings. The van der Waals surface area contributed by atoms with Crippen molar-refractivity contribution in [1.82, 2.24) is 14.6 Å². The second-order valence-corrected chi connectivity index (χ2v) is 12.0. The van der Waals surface area contributed by atoms with Gasteiger partial charge < -0.3 is 25.6 Å². The lowest BCUT2D eigenvalue weighted by Crippen LogP contribution is -2.50. The Morgan fingerprint density at radius 1 is 1.13 bits per heavy atom. The number of nitrogens with zero attached hydrogens (tertiary/aromatic N) is 2. The SMILES string of the molecule is CCCN=C(C)c1c(O)[nH]c2ccc(S(=O)(=O)N(CC(C)C)CC(O)C(Cc3ccccc3)NC(=O)O)cc12.